The van der Waals surface area contributed by atoms with Gasteiger partial charge in [-0.1, -0.05) is 0 Å². The van der Waals surface area contributed by atoms with Crippen LogP contribution in [0.4, 0.5) is 26.1 Å². The van der Waals surface area contributed by atoms with E-state index in [1.165, 1.54) is 19.2 Å². The summed E-state index contributed by atoms with van der Waals surface area (Å²) in [6.45, 7) is -1.86. The minimum atomic E-state index is -3.73. The molecule has 0 unspecified atom stereocenters. The van der Waals surface area contributed by atoms with Crippen LogP contribution in [0.15, 0.2) is 41.7 Å². The number of alkyl halides is 2. The van der Waals surface area contributed by atoms with Gasteiger partial charge in [0.1, 0.15) is 5.82 Å². The molecule has 0 saturated heterocycles. The monoisotopic (exact) mass is 452 g/mol. The Bertz CT molecular complexity index is 1230. The zero-order chi connectivity index (χ0) is 22.8. The van der Waals surface area contributed by atoms with Gasteiger partial charge in [-0.05, 0) is 18.2 Å². The molecule has 0 atom stereocenters. The van der Waals surface area contributed by atoms with Gasteiger partial charge in [-0.2, -0.15) is 13.9 Å². The second-order valence-electron chi connectivity index (χ2n) is 6.44. The van der Waals surface area contributed by atoms with E-state index in [4.69, 9.17) is 0 Å². The molecule has 3 heterocycles. The number of hydrogen-bond acceptors (Lipinski definition) is 8. The van der Waals surface area contributed by atoms with Gasteiger partial charge in [-0.25, -0.2) is 18.4 Å². The lowest BCUT2D eigenvalue weighted by Gasteiger charge is -2.15. The summed E-state index contributed by atoms with van der Waals surface area (Å²) in [5, 5.41) is 9.26. The number of aryl methyl sites for hydroxylation is 1. The molecule has 2 N–H and O–H groups in total. The number of ether oxygens (including phenoxy) is 1. The second kappa shape index (κ2) is 8.63. The molecule has 1 amide bonds. The third-order valence-electron chi connectivity index (χ3n) is 3.88. The molecule has 31 heavy (non-hydrogen) atoms. The van der Waals surface area contributed by atoms with E-state index in [0.29, 0.717) is 11.3 Å². The number of anilines is 3. The Balaban J connectivity index is 2.14. The molecule has 3 aromatic rings. The van der Waals surface area contributed by atoms with E-state index in [2.05, 4.69) is 30.4 Å². The highest BCUT2D eigenvalue weighted by molar-refractivity contribution is 7.90. The number of nitrogens with one attached hydrogen (secondary N) is 2. The predicted molar refractivity (Wildman–Crippen MR) is 108 cm³/mol. The van der Waals surface area contributed by atoms with Crippen LogP contribution in [-0.2, 0) is 21.7 Å². The summed E-state index contributed by atoms with van der Waals surface area (Å²) in [6.07, 6.45) is 4.05. The number of sulfone groups is 1. The van der Waals surface area contributed by atoms with E-state index >= 15 is 0 Å². The minimum absolute atomic E-state index is 0.172. The first-order valence-corrected chi connectivity index (χ1v) is 10.6. The van der Waals surface area contributed by atoms with E-state index in [1.807, 2.05) is 0 Å². The van der Waals surface area contributed by atoms with Crippen molar-refractivity contribution in [1.82, 2.24) is 19.7 Å². The van der Waals surface area contributed by atoms with Crippen LogP contribution >= 0.6 is 0 Å². The summed E-state index contributed by atoms with van der Waals surface area (Å²) in [4.78, 5) is 19.5. The topological polar surface area (TPSA) is 128 Å². The number of carbonyl (C=O) groups excluding carboxylic acids is 1. The Morgan fingerprint density at radius 2 is 2.00 bits per heavy atom. The van der Waals surface area contributed by atoms with Crippen molar-refractivity contribution in [3.63, 3.8) is 0 Å². The fourth-order valence-electron chi connectivity index (χ4n) is 2.61. The van der Waals surface area contributed by atoms with Gasteiger partial charge in [0.15, 0.2) is 26.4 Å². The van der Waals surface area contributed by atoms with E-state index in [0.717, 1.165) is 18.4 Å². The van der Waals surface area contributed by atoms with Crippen LogP contribution in [0.3, 0.4) is 0 Å². The number of pyridine rings is 2. The zero-order valence-corrected chi connectivity index (χ0v) is 17.4. The van der Waals surface area contributed by atoms with Gasteiger partial charge in [-0.15, -0.1) is 0 Å². The number of hydrogen-bond donors (Lipinski definition) is 2. The number of rotatable bonds is 7. The maximum atomic E-state index is 12.9. The first-order valence-electron chi connectivity index (χ1n) is 8.73. The van der Waals surface area contributed by atoms with Crippen LogP contribution in [0.1, 0.15) is 6.92 Å². The van der Waals surface area contributed by atoms with Crippen molar-refractivity contribution in [1.29, 1.82) is 0 Å². The Morgan fingerprint density at radius 1 is 1.26 bits per heavy atom. The van der Waals surface area contributed by atoms with Crippen molar-refractivity contribution in [3.8, 4) is 17.0 Å². The normalized spacial score (nSPS) is 11.4. The van der Waals surface area contributed by atoms with Gasteiger partial charge >= 0.3 is 6.61 Å². The number of aromatic nitrogens is 4. The quantitative estimate of drug-likeness (QED) is 0.560. The first kappa shape index (κ1) is 22.1. The molecular formula is C18H18F2N6O4S. The second-order valence-corrected chi connectivity index (χ2v) is 8.41. The van der Waals surface area contributed by atoms with Crippen LogP contribution in [-0.4, -0.2) is 46.9 Å². The smallest absolute Gasteiger partial charge is 0.387 e. The summed E-state index contributed by atoms with van der Waals surface area (Å²) in [7, 11) is -2.02. The average Bonchev–Trinajstić information content (AvgIpc) is 3.07. The Kier molecular flexibility index (Phi) is 6.15. The largest absolute Gasteiger partial charge is 0.431 e. The van der Waals surface area contributed by atoms with Gasteiger partial charge in [0.25, 0.3) is 0 Å². The van der Waals surface area contributed by atoms with Gasteiger partial charge in [-0.3, -0.25) is 9.48 Å². The molecule has 0 aliphatic heterocycles. The van der Waals surface area contributed by atoms with E-state index in [9.17, 15) is 22.0 Å². The van der Waals surface area contributed by atoms with Crippen molar-refractivity contribution in [2.45, 2.75) is 18.6 Å². The van der Waals surface area contributed by atoms with Crippen LogP contribution in [0.25, 0.3) is 11.3 Å². The number of nitrogens with zero attached hydrogens (tertiary/aromatic N) is 4. The van der Waals surface area contributed by atoms with Crippen LogP contribution in [0, 0.1) is 0 Å². The van der Waals surface area contributed by atoms with Crippen molar-refractivity contribution in [3.05, 3.63) is 36.7 Å². The standard InChI is InChI=1S/C18H18F2N6O4S/c1-10(27)22-15-8-13(11(9-21-15)12-6-7-26(2)25-12)23-17-14(30-18(19)20)4-5-16(24-17)31(3,28)29/h4-9,18H,1-3H3,(H2,21,22,23,24,27). The maximum absolute atomic E-state index is 12.9. The molecular weight excluding hydrogens is 434 g/mol. The first-order chi connectivity index (χ1) is 14.5. The molecule has 0 aliphatic rings. The lowest BCUT2D eigenvalue weighted by atomic mass is 10.1. The van der Waals surface area contributed by atoms with E-state index in [1.54, 1.807) is 24.0 Å². The fraction of sp³-hybridized carbons (Fsp3) is 0.222. The highest BCUT2D eigenvalue weighted by Crippen LogP contribution is 2.34. The van der Waals surface area contributed by atoms with Gasteiger partial charge < -0.3 is 15.4 Å². The fourth-order valence-corrected chi connectivity index (χ4v) is 3.19. The van der Waals surface area contributed by atoms with Crippen molar-refractivity contribution in [2.75, 3.05) is 16.9 Å². The van der Waals surface area contributed by atoms with Gasteiger partial charge in [0.2, 0.25) is 5.91 Å². The molecule has 0 aliphatic carbocycles. The Labute approximate surface area is 176 Å². The minimum Gasteiger partial charge on any atom is -0.431 e. The van der Waals surface area contributed by atoms with Crippen LogP contribution in [0.5, 0.6) is 5.75 Å². The van der Waals surface area contributed by atoms with Crippen LogP contribution < -0.4 is 15.4 Å². The van der Waals surface area contributed by atoms with Gasteiger partial charge in [0, 0.05) is 44.3 Å². The molecule has 164 valence electrons. The molecule has 0 bridgehead atoms. The molecule has 0 aromatic carbocycles. The maximum Gasteiger partial charge on any atom is 0.387 e. The summed E-state index contributed by atoms with van der Waals surface area (Å²) < 4.78 is 55.5. The Hall–Kier alpha value is -3.61. The third kappa shape index (κ3) is 5.51. The predicted octanol–water partition coefficient (Wildman–Crippen LogP) is 2.58. The lowest BCUT2D eigenvalue weighted by molar-refractivity contribution is -0.114. The van der Waals surface area contributed by atoms with E-state index in [-0.39, 0.29) is 34.0 Å². The highest BCUT2D eigenvalue weighted by atomic mass is 32.2. The molecule has 0 radical (unpaired) electrons. The molecule has 13 heteroatoms. The summed E-state index contributed by atoms with van der Waals surface area (Å²) in [5.41, 5.74) is 1.21. The summed E-state index contributed by atoms with van der Waals surface area (Å²) in [6, 6.07) is 5.27. The van der Waals surface area contributed by atoms with E-state index < -0.39 is 16.4 Å². The van der Waals surface area contributed by atoms with Crippen molar-refractivity contribution in [2.24, 2.45) is 7.05 Å². The van der Waals surface area contributed by atoms with Crippen molar-refractivity contribution >= 4 is 33.1 Å². The molecule has 3 rings (SSSR count). The number of halogens is 2. The Morgan fingerprint density at radius 3 is 2.58 bits per heavy atom. The summed E-state index contributed by atoms with van der Waals surface area (Å²) >= 11 is 0. The zero-order valence-electron chi connectivity index (χ0n) is 16.6. The highest BCUT2D eigenvalue weighted by Gasteiger charge is 2.19. The number of carbonyl (C=O) groups is 1. The molecule has 10 nitrogen and oxygen atoms in total. The molecule has 3 aromatic heterocycles. The van der Waals surface area contributed by atoms with Gasteiger partial charge in [0.05, 0.1) is 11.4 Å². The van der Waals surface area contributed by atoms with Crippen molar-refractivity contribution < 1.29 is 26.7 Å². The lowest BCUT2D eigenvalue weighted by Crippen LogP contribution is -2.10. The van der Waals surface area contributed by atoms with Crippen LogP contribution in [0.2, 0.25) is 0 Å². The number of amides is 1. The summed E-state index contributed by atoms with van der Waals surface area (Å²) in [5.74, 6) is -0.833. The molecule has 0 spiro atoms. The third-order valence-corrected chi connectivity index (χ3v) is 4.87. The SMILES string of the molecule is CC(=O)Nc1cc(Nc2nc(S(C)(=O)=O)ccc2OC(F)F)c(-c2ccn(C)n2)cn1. The molecule has 0 fully saturated rings. The average molecular weight is 452 g/mol. The molecule has 0 saturated carbocycles.